The smallest absolute Gasteiger partial charge is 0.225 e. The highest BCUT2D eigenvalue weighted by Gasteiger charge is 2.20. The molecule has 0 aliphatic heterocycles. The summed E-state index contributed by atoms with van der Waals surface area (Å²) in [6.45, 7) is 3.99. The molecule has 2 aromatic rings. The monoisotopic (exact) mass is 239 g/mol. The Kier molecular flexibility index (Phi) is 2.88. The zero-order valence-corrected chi connectivity index (χ0v) is 9.93. The van der Waals surface area contributed by atoms with Crippen molar-refractivity contribution in [3.63, 3.8) is 0 Å². The molecule has 0 aliphatic rings. The normalized spacial score (nSPS) is 10.9. The molecule has 0 saturated heterocycles. The summed E-state index contributed by atoms with van der Waals surface area (Å²) < 4.78 is 3.82. The number of nitrogens with zero attached hydrogens (tertiary/aromatic N) is 3. The molecule has 2 heterocycles. The number of ketones is 1. The van der Waals surface area contributed by atoms with Gasteiger partial charge in [-0.2, -0.15) is 0 Å². The highest BCUT2D eigenvalue weighted by molar-refractivity contribution is 7.09. The fraction of sp³-hybridized carbons (Fsp3) is 0.333. The first kappa shape index (κ1) is 10.4. The van der Waals surface area contributed by atoms with Crippen LogP contribution in [-0.2, 0) is 0 Å². The average molecular weight is 239 g/mol. The van der Waals surface area contributed by atoms with Crippen LogP contribution < -0.4 is 0 Å². The minimum Gasteiger partial charge on any atom is -0.286 e. The van der Waals surface area contributed by atoms with Gasteiger partial charge in [0.25, 0.3) is 0 Å². The molecule has 0 amide bonds. The molecule has 0 radical (unpaired) electrons. The third-order valence-corrected chi connectivity index (χ3v) is 3.26. The lowest BCUT2D eigenvalue weighted by atomic mass is 10.1. The molecule has 0 unspecified atom stereocenters. The number of aromatic nitrogens is 3. The van der Waals surface area contributed by atoms with Gasteiger partial charge in [0.15, 0.2) is 0 Å². The summed E-state index contributed by atoms with van der Waals surface area (Å²) in [5, 5.41) is 5.71. The van der Waals surface area contributed by atoms with Crippen molar-refractivity contribution in [3.05, 3.63) is 27.2 Å². The molecule has 78 valence electrons. The van der Waals surface area contributed by atoms with E-state index in [2.05, 4.69) is 14.6 Å². The molecule has 6 heteroatoms. The lowest BCUT2D eigenvalue weighted by Gasteiger charge is -2.00. The van der Waals surface area contributed by atoms with Crippen LogP contribution in [0.5, 0.6) is 0 Å². The van der Waals surface area contributed by atoms with E-state index in [4.69, 9.17) is 0 Å². The SMILES string of the molecule is CC(C)c1nnsc1C(=O)c1cscn1. The van der Waals surface area contributed by atoms with Crippen LogP contribution in [0.15, 0.2) is 10.9 Å². The Bertz CT molecular complexity index is 461. The van der Waals surface area contributed by atoms with Crippen LogP contribution in [0.2, 0.25) is 0 Å². The van der Waals surface area contributed by atoms with Crippen molar-refractivity contribution in [2.75, 3.05) is 0 Å². The lowest BCUT2D eigenvalue weighted by Crippen LogP contribution is -2.04. The maximum atomic E-state index is 12.0. The van der Waals surface area contributed by atoms with Crippen molar-refractivity contribution < 1.29 is 4.79 Å². The van der Waals surface area contributed by atoms with Crippen LogP contribution in [0.25, 0.3) is 0 Å². The Morgan fingerprint density at radius 3 is 2.87 bits per heavy atom. The lowest BCUT2D eigenvalue weighted by molar-refractivity contribution is 0.103. The zero-order valence-electron chi connectivity index (χ0n) is 8.30. The van der Waals surface area contributed by atoms with Gasteiger partial charge in [0.2, 0.25) is 5.78 Å². The van der Waals surface area contributed by atoms with Gasteiger partial charge in [-0.1, -0.05) is 18.3 Å². The summed E-state index contributed by atoms with van der Waals surface area (Å²) in [5.74, 6) is 0.135. The second-order valence-corrected chi connectivity index (χ2v) is 4.82. The summed E-state index contributed by atoms with van der Waals surface area (Å²) >= 11 is 2.55. The van der Waals surface area contributed by atoms with E-state index in [-0.39, 0.29) is 11.7 Å². The highest BCUT2D eigenvalue weighted by Crippen LogP contribution is 2.22. The Labute approximate surface area is 95.2 Å². The molecule has 2 rings (SSSR count). The Morgan fingerprint density at radius 1 is 1.47 bits per heavy atom. The van der Waals surface area contributed by atoms with Crippen LogP contribution in [-0.4, -0.2) is 20.4 Å². The van der Waals surface area contributed by atoms with Crippen molar-refractivity contribution in [3.8, 4) is 0 Å². The van der Waals surface area contributed by atoms with Crippen molar-refractivity contribution in [1.29, 1.82) is 0 Å². The first-order chi connectivity index (χ1) is 7.20. The standard InChI is InChI=1S/C9H9N3OS2/c1-5(2)7-9(15-12-11-7)8(13)6-3-14-4-10-6/h3-5H,1-2H3. The molecule has 4 nitrogen and oxygen atoms in total. The Hall–Kier alpha value is -1.14. The van der Waals surface area contributed by atoms with E-state index >= 15 is 0 Å². The van der Waals surface area contributed by atoms with Crippen molar-refractivity contribution in [2.45, 2.75) is 19.8 Å². The molecule has 0 aromatic carbocycles. The van der Waals surface area contributed by atoms with Crippen LogP contribution in [0.4, 0.5) is 0 Å². The van der Waals surface area contributed by atoms with Crippen molar-refractivity contribution >= 4 is 28.7 Å². The van der Waals surface area contributed by atoms with Crippen LogP contribution in [0, 0.1) is 0 Å². The number of carbonyl (C=O) groups excluding carboxylic acids is 1. The minimum absolute atomic E-state index is 0.0741. The number of hydrogen-bond donors (Lipinski definition) is 0. The minimum atomic E-state index is -0.0741. The van der Waals surface area contributed by atoms with Gasteiger partial charge in [-0.3, -0.25) is 4.79 Å². The number of carbonyl (C=O) groups is 1. The molecular formula is C9H9N3OS2. The van der Waals surface area contributed by atoms with Gasteiger partial charge in [-0.05, 0) is 17.5 Å². The predicted molar refractivity (Wildman–Crippen MR) is 59.5 cm³/mol. The zero-order chi connectivity index (χ0) is 10.8. The molecular weight excluding hydrogens is 230 g/mol. The molecule has 2 aromatic heterocycles. The van der Waals surface area contributed by atoms with Gasteiger partial charge < -0.3 is 0 Å². The third-order valence-electron chi connectivity index (χ3n) is 1.93. The predicted octanol–water partition coefficient (Wildman–Crippen LogP) is 2.35. The summed E-state index contributed by atoms with van der Waals surface area (Å²) in [6, 6.07) is 0. The Balaban J connectivity index is 2.38. The van der Waals surface area contributed by atoms with Gasteiger partial charge in [-0.25, -0.2) is 4.98 Å². The quantitative estimate of drug-likeness (QED) is 0.771. The summed E-state index contributed by atoms with van der Waals surface area (Å²) in [7, 11) is 0. The number of hydrogen-bond acceptors (Lipinski definition) is 6. The molecule has 15 heavy (non-hydrogen) atoms. The van der Waals surface area contributed by atoms with Gasteiger partial charge in [0.05, 0.1) is 11.2 Å². The largest absolute Gasteiger partial charge is 0.286 e. The van der Waals surface area contributed by atoms with Crippen molar-refractivity contribution in [2.24, 2.45) is 0 Å². The number of rotatable bonds is 3. The third kappa shape index (κ3) is 1.95. The van der Waals surface area contributed by atoms with Crippen molar-refractivity contribution in [1.82, 2.24) is 14.6 Å². The van der Waals surface area contributed by atoms with Crippen LogP contribution in [0.3, 0.4) is 0 Å². The molecule has 0 saturated carbocycles. The average Bonchev–Trinajstić information content (AvgIpc) is 2.88. The van der Waals surface area contributed by atoms with E-state index in [1.54, 1.807) is 10.9 Å². The highest BCUT2D eigenvalue weighted by atomic mass is 32.1. The van der Waals surface area contributed by atoms with E-state index in [0.29, 0.717) is 10.6 Å². The molecule has 0 bridgehead atoms. The van der Waals surface area contributed by atoms with E-state index < -0.39 is 0 Å². The second kappa shape index (κ2) is 4.16. The van der Waals surface area contributed by atoms with Gasteiger partial charge in [0.1, 0.15) is 10.6 Å². The topological polar surface area (TPSA) is 55.7 Å². The fourth-order valence-electron chi connectivity index (χ4n) is 1.17. The molecule has 0 N–H and O–H groups in total. The second-order valence-electron chi connectivity index (χ2n) is 3.34. The summed E-state index contributed by atoms with van der Waals surface area (Å²) in [6.07, 6.45) is 0. The van der Waals surface area contributed by atoms with E-state index in [0.717, 1.165) is 17.2 Å². The molecule has 0 aliphatic carbocycles. The maximum absolute atomic E-state index is 12.0. The first-order valence-electron chi connectivity index (χ1n) is 4.45. The summed E-state index contributed by atoms with van der Waals surface area (Å²) in [4.78, 5) is 16.6. The Morgan fingerprint density at radius 2 is 2.27 bits per heavy atom. The fourth-order valence-corrected chi connectivity index (χ4v) is 2.47. The van der Waals surface area contributed by atoms with Gasteiger partial charge in [0, 0.05) is 5.38 Å². The van der Waals surface area contributed by atoms with Gasteiger partial charge >= 0.3 is 0 Å². The number of thiazole rings is 1. The maximum Gasteiger partial charge on any atom is 0.225 e. The van der Waals surface area contributed by atoms with Crippen LogP contribution >= 0.6 is 22.9 Å². The first-order valence-corrected chi connectivity index (χ1v) is 6.17. The molecule has 0 spiro atoms. The molecule has 0 atom stereocenters. The molecule has 0 fully saturated rings. The van der Waals surface area contributed by atoms with Crippen LogP contribution in [0.1, 0.15) is 40.8 Å². The van der Waals surface area contributed by atoms with E-state index in [1.165, 1.54) is 11.3 Å². The van der Waals surface area contributed by atoms with Gasteiger partial charge in [-0.15, -0.1) is 16.4 Å². The van der Waals surface area contributed by atoms with E-state index in [1.807, 2.05) is 13.8 Å². The van der Waals surface area contributed by atoms with E-state index in [9.17, 15) is 4.79 Å². The summed E-state index contributed by atoms with van der Waals surface area (Å²) in [5.41, 5.74) is 2.89.